The Balaban J connectivity index is 2.60. The van der Waals surface area contributed by atoms with Crippen LogP contribution in [0.15, 0.2) is 24.3 Å². The SMILES string of the molecule is NCCc1[nH]c2ccccc2c1Cl. The van der Waals surface area contributed by atoms with Gasteiger partial charge in [-0.1, -0.05) is 29.8 Å². The fraction of sp³-hybridized carbons (Fsp3) is 0.200. The van der Waals surface area contributed by atoms with E-state index in [-0.39, 0.29) is 0 Å². The molecule has 0 radical (unpaired) electrons. The summed E-state index contributed by atoms with van der Waals surface area (Å²) < 4.78 is 0. The zero-order chi connectivity index (χ0) is 9.26. The highest BCUT2D eigenvalue weighted by atomic mass is 35.5. The van der Waals surface area contributed by atoms with Crippen LogP contribution in [-0.4, -0.2) is 11.5 Å². The average molecular weight is 195 g/mol. The molecule has 0 spiro atoms. The molecule has 0 aliphatic rings. The third-order valence-corrected chi connectivity index (χ3v) is 2.54. The number of aromatic nitrogens is 1. The molecule has 68 valence electrons. The molecule has 0 atom stereocenters. The molecule has 0 saturated carbocycles. The van der Waals surface area contributed by atoms with E-state index in [0.29, 0.717) is 6.54 Å². The Morgan fingerprint density at radius 3 is 2.77 bits per heavy atom. The second-order valence-corrected chi connectivity index (χ2v) is 3.38. The summed E-state index contributed by atoms with van der Waals surface area (Å²) in [6, 6.07) is 7.99. The van der Waals surface area contributed by atoms with Crippen molar-refractivity contribution >= 4 is 22.5 Å². The van der Waals surface area contributed by atoms with Gasteiger partial charge in [-0.3, -0.25) is 0 Å². The van der Waals surface area contributed by atoms with Gasteiger partial charge in [0.1, 0.15) is 0 Å². The first-order chi connectivity index (χ1) is 6.33. The predicted molar refractivity (Wildman–Crippen MR) is 56.1 cm³/mol. The number of H-pyrrole nitrogens is 1. The molecule has 0 aliphatic heterocycles. The van der Waals surface area contributed by atoms with Gasteiger partial charge in [-0.15, -0.1) is 0 Å². The summed E-state index contributed by atoms with van der Waals surface area (Å²) in [4.78, 5) is 3.25. The van der Waals surface area contributed by atoms with Gasteiger partial charge in [-0.2, -0.15) is 0 Å². The highest BCUT2D eigenvalue weighted by Gasteiger charge is 2.06. The summed E-state index contributed by atoms with van der Waals surface area (Å²) >= 11 is 6.15. The normalized spacial score (nSPS) is 10.9. The van der Waals surface area contributed by atoms with Crippen LogP contribution in [0.4, 0.5) is 0 Å². The smallest absolute Gasteiger partial charge is 0.0692 e. The first kappa shape index (κ1) is 8.60. The predicted octanol–water partition coefficient (Wildman–Crippen LogP) is 2.32. The van der Waals surface area contributed by atoms with Crippen molar-refractivity contribution in [3.05, 3.63) is 35.0 Å². The summed E-state index contributed by atoms with van der Waals surface area (Å²) in [5.74, 6) is 0. The largest absolute Gasteiger partial charge is 0.357 e. The maximum absolute atomic E-state index is 6.15. The molecule has 1 heterocycles. The van der Waals surface area contributed by atoms with E-state index in [0.717, 1.165) is 28.0 Å². The quantitative estimate of drug-likeness (QED) is 0.757. The van der Waals surface area contributed by atoms with Crippen LogP contribution >= 0.6 is 11.6 Å². The highest BCUT2D eigenvalue weighted by Crippen LogP contribution is 2.26. The first-order valence-corrected chi connectivity index (χ1v) is 4.66. The van der Waals surface area contributed by atoms with Gasteiger partial charge in [-0.05, 0) is 12.6 Å². The molecule has 2 nitrogen and oxygen atoms in total. The standard InChI is InChI=1S/C10H11ClN2/c11-10-7-3-1-2-4-8(7)13-9(10)5-6-12/h1-4,13H,5-6,12H2. The molecule has 0 aliphatic carbocycles. The number of nitrogens with two attached hydrogens (primary N) is 1. The van der Waals surface area contributed by atoms with E-state index in [1.54, 1.807) is 0 Å². The summed E-state index contributed by atoms with van der Waals surface area (Å²) in [6.45, 7) is 0.618. The Kier molecular flexibility index (Phi) is 2.25. The molecule has 1 aromatic carbocycles. The molecular weight excluding hydrogens is 184 g/mol. The first-order valence-electron chi connectivity index (χ1n) is 4.28. The van der Waals surface area contributed by atoms with Crippen LogP contribution in [0, 0.1) is 0 Å². The van der Waals surface area contributed by atoms with E-state index in [1.807, 2.05) is 24.3 Å². The van der Waals surface area contributed by atoms with Gasteiger partial charge in [0.2, 0.25) is 0 Å². The van der Waals surface area contributed by atoms with Crippen molar-refractivity contribution in [1.82, 2.24) is 4.98 Å². The number of para-hydroxylation sites is 1. The number of benzene rings is 1. The molecule has 0 fully saturated rings. The fourth-order valence-electron chi connectivity index (χ4n) is 1.48. The molecule has 3 heteroatoms. The van der Waals surface area contributed by atoms with Crippen LogP contribution in [-0.2, 0) is 6.42 Å². The van der Waals surface area contributed by atoms with Gasteiger partial charge >= 0.3 is 0 Å². The summed E-state index contributed by atoms with van der Waals surface area (Å²) in [7, 11) is 0. The number of nitrogens with one attached hydrogen (secondary N) is 1. The molecule has 1 aromatic heterocycles. The Morgan fingerprint density at radius 2 is 2.08 bits per heavy atom. The van der Waals surface area contributed by atoms with Crippen LogP contribution in [0.2, 0.25) is 5.02 Å². The minimum atomic E-state index is 0.618. The molecule has 0 saturated heterocycles. The Morgan fingerprint density at radius 1 is 1.31 bits per heavy atom. The molecule has 2 rings (SSSR count). The van der Waals surface area contributed by atoms with Crippen molar-refractivity contribution in [1.29, 1.82) is 0 Å². The number of rotatable bonds is 2. The molecule has 0 unspecified atom stereocenters. The molecular formula is C10H11ClN2. The molecule has 13 heavy (non-hydrogen) atoms. The lowest BCUT2D eigenvalue weighted by atomic mass is 10.2. The maximum atomic E-state index is 6.15. The second-order valence-electron chi connectivity index (χ2n) is 3.00. The topological polar surface area (TPSA) is 41.8 Å². The number of hydrogen-bond donors (Lipinski definition) is 2. The molecule has 2 aromatic rings. The van der Waals surface area contributed by atoms with Crippen molar-refractivity contribution in [2.45, 2.75) is 6.42 Å². The minimum Gasteiger partial charge on any atom is -0.357 e. The third-order valence-electron chi connectivity index (χ3n) is 2.11. The van der Waals surface area contributed by atoms with Gasteiger partial charge in [-0.25, -0.2) is 0 Å². The van der Waals surface area contributed by atoms with Crippen LogP contribution in [0.25, 0.3) is 10.9 Å². The zero-order valence-corrected chi connectivity index (χ0v) is 7.93. The number of hydrogen-bond acceptors (Lipinski definition) is 1. The second kappa shape index (κ2) is 3.40. The Labute approximate surface area is 81.7 Å². The van der Waals surface area contributed by atoms with E-state index >= 15 is 0 Å². The molecule has 3 N–H and O–H groups in total. The fourth-order valence-corrected chi connectivity index (χ4v) is 1.79. The lowest BCUT2D eigenvalue weighted by Gasteiger charge is -1.92. The lowest BCUT2D eigenvalue weighted by Crippen LogP contribution is -2.02. The third kappa shape index (κ3) is 1.43. The summed E-state index contributed by atoms with van der Waals surface area (Å²) in [5, 5.41) is 1.88. The van der Waals surface area contributed by atoms with Crippen LogP contribution in [0.3, 0.4) is 0 Å². The number of aromatic amines is 1. The van der Waals surface area contributed by atoms with Gasteiger partial charge in [0, 0.05) is 23.0 Å². The minimum absolute atomic E-state index is 0.618. The van der Waals surface area contributed by atoms with Crippen LogP contribution in [0.1, 0.15) is 5.69 Å². The van der Waals surface area contributed by atoms with Gasteiger partial charge in [0.25, 0.3) is 0 Å². The highest BCUT2D eigenvalue weighted by molar-refractivity contribution is 6.36. The molecule has 0 amide bonds. The number of fused-ring (bicyclic) bond motifs is 1. The van der Waals surface area contributed by atoms with Crippen molar-refractivity contribution in [3.63, 3.8) is 0 Å². The van der Waals surface area contributed by atoms with Crippen LogP contribution in [0.5, 0.6) is 0 Å². The number of halogens is 1. The van der Waals surface area contributed by atoms with Crippen molar-refractivity contribution in [2.75, 3.05) is 6.54 Å². The van der Waals surface area contributed by atoms with Crippen molar-refractivity contribution in [3.8, 4) is 0 Å². The lowest BCUT2D eigenvalue weighted by molar-refractivity contribution is 0.940. The zero-order valence-electron chi connectivity index (χ0n) is 7.18. The van der Waals surface area contributed by atoms with E-state index in [4.69, 9.17) is 17.3 Å². The monoisotopic (exact) mass is 194 g/mol. The van der Waals surface area contributed by atoms with E-state index in [9.17, 15) is 0 Å². The maximum Gasteiger partial charge on any atom is 0.0692 e. The summed E-state index contributed by atoms with van der Waals surface area (Å²) in [6.07, 6.45) is 0.799. The van der Waals surface area contributed by atoms with Crippen molar-refractivity contribution in [2.24, 2.45) is 5.73 Å². The van der Waals surface area contributed by atoms with Gasteiger partial charge < -0.3 is 10.7 Å². The van der Waals surface area contributed by atoms with E-state index in [2.05, 4.69) is 4.98 Å². The van der Waals surface area contributed by atoms with Crippen LogP contribution < -0.4 is 5.73 Å². The molecule has 0 bridgehead atoms. The Bertz CT molecular complexity index is 420. The van der Waals surface area contributed by atoms with E-state index in [1.165, 1.54) is 0 Å². The van der Waals surface area contributed by atoms with Crippen molar-refractivity contribution < 1.29 is 0 Å². The van der Waals surface area contributed by atoms with Gasteiger partial charge in [0.15, 0.2) is 0 Å². The van der Waals surface area contributed by atoms with Gasteiger partial charge in [0.05, 0.1) is 5.02 Å². The van der Waals surface area contributed by atoms with E-state index < -0.39 is 0 Å². The summed E-state index contributed by atoms with van der Waals surface area (Å²) in [5.41, 5.74) is 7.58. The Hall–Kier alpha value is -0.990. The average Bonchev–Trinajstić information content (AvgIpc) is 2.46.